The van der Waals surface area contributed by atoms with Gasteiger partial charge in [-0.2, -0.15) is 0 Å². The SMILES string of the molecule is CCOCc1c(C(=O)NCc2ccc(NC(N)=O)cc2)oc2ccccc12. The quantitative estimate of drug-likeness (QED) is 0.595. The molecule has 0 radical (unpaired) electrons. The predicted molar refractivity (Wildman–Crippen MR) is 102 cm³/mol. The van der Waals surface area contributed by atoms with Crippen molar-refractivity contribution in [2.24, 2.45) is 5.73 Å². The van der Waals surface area contributed by atoms with Crippen LogP contribution < -0.4 is 16.4 Å². The number of rotatable bonds is 7. The van der Waals surface area contributed by atoms with Crippen LogP contribution in [-0.4, -0.2) is 18.5 Å². The number of carbonyl (C=O) groups is 2. The lowest BCUT2D eigenvalue weighted by molar-refractivity contribution is 0.0912. The number of amides is 3. The van der Waals surface area contributed by atoms with E-state index in [1.807, 2.05) is 31.2 Å². The van der Waals surface area contributed by atoms with Crippen LogP contribution in [0.5, 0.6) is 0 Å². The van der Waals surface area contributed by atoms with Gasteiger partial charge in [0, 0.05) is 29.8 Å². The van der Waals surface area contributed by atoms with E-state index in [1.165, 1.54) is 0 Å². The van der Waals surface area contributed by atoms with Crippen LogP contribution in [-0.2, 0) is 17.9 Å². The summed E-state index contributed by atoms with van der Waals surface area (Å²) in [6.45, 7) is 3.08. The molecule has 0 unspecified atom stereocenters. The van der Waals surface area contributed by atoms with Crippen molar-refractivity contribution in [2.45, 2.75) is 20.1 Å². The molecule has 0 saturated carbocycles. The molecule has 0 bridgehead atoms. The Morgan fingerprint density at radius 3 is 2.56 bits per heavy atom. The molecule has 140 valence electrons. The zero-order valence-electron chi connectivity index (χ0n) is 15.0. The number of primary amides is 1. The van der Waals surface area contributed by atoms with Crippen molar-refractivity contribution in [3.05, 3.63) is 65.4 Å². The predicted octanol–water partition coefficient (Wildman–Crippen LogP) is 3.39. The highest BCUT2D eigenvalue weighted by Crippen LogP contribution is 2.26. The van der Waals surface area contributed by atoms with E-state index in [9.17, 15) is 9.59 Å². The first-order valence-corrected chi connectivity index (χ1v) is 8.60. The fraction of sp³-hybridized carbons (Fsp3) is 0.200. The molecule has 0 fully saturated rings. The first kappa shape index (κ1) is 18.5. The number of para-hydroxylation sites is 1. The molecule has 0 aliphatic rings. The smallest absolute Gasteiger partial charge is 0.316 e. The Balaban J connectivity index is 1.73. The number of carbonyl (C=O) groups excluding carboxylic acids is 2. The molecule has 3 amide bonds. The number of furan rings is 1. The number of fused-ring (bicyclic) bond motifs is 1. The van der Waals surface area contributed by atoms with Crippen LogP contribution in [0.1, 0.15) is 28.6 Å². The second-order valence-corrected chi connectivity index (χ2v) is 5.91. The number of benzene rings is 2. The lowest BCUT2D eigenvalue weighted by atomic mass is 10.1. The monoisotopic (exact) mass is 367 g/mol. The summed E-state index contributed by atoms with van der Waals surface area (Å²) in [7, 11) is 0. The van der Waals surface area contributed by atoms with E-state index >= 15 is 0 Å². The van der Waals surface area contributed by atoms with Crippen molar-refractivity contribution in [3.8, 4) is 0 Å². The second kappa shape index (κ2) is 8.37. The Bertz CT molecular complexity index is 948. The van der Waals surface area contributed by atoms with E-state index in [0.717, 1.165) is 16.5 Å². The third-order valence-corrected chi connectivity index (χ3v) is 4.03. The Kier molecular flexibility index (Phi) is 5.73. The standard InChI is InChI=1S/C20H21N3O4/c1-2-26-12-16-15-5-3-4-6-17(15)27-18(16)19(24)22-11-13-7-9-14(10-8-13)23-20(21)25/h3-10H,2,11-12H2,1H3,(H,22,24)(H3,21,23,25). The highest BCUT2D eigenvalue weighted by molar-refractivity contribution is 5.99. The van der Waals surface area contributed by atoms with E-state index in [0.29, 0.717) is 31.0 Å². The highest BCUT2D eigenvalue weighted by Gasteiger charge is 2.20. The molecule has 2 aromatic carbocycles. The third-order valence-electron chi connectivity index (χ3n) is 4.03. The molecule has 4 N–H and O–H groups in total. The summed E-state index contributed by atoms with van der Waals surface area (Å²) in [4.78, 5) is 23.5. The van der Waals surface area contributed by atoms with Gasteiger partial charge in [-0.3, -0.25) is 4.79 Å². The third kappa shape index (κ3) is 4.45. The molecular weight excluding hydrogens is 346 g/mol. The maximum atomic E-state index is 12.7. The van der Waals surface area contributed by atoms with Gasteiger partial charge in [0.15, 0.2) is 5.76 Å². The fourth-order valence-electron chi connectivity index (χ4n) is 2.74. The van der Waals surface area contributed by atoms with Crippen LogP contribution in [0, 0.1) is 0 Å². The minimum Gasteiger partial charge on any atom is -0.451 e. The van der Waals surface area contributed by atoms with E-state index in [2.05, 4.69) is 10.6 Å². The van der Waals surface area contributed by atoms with Crippen LogP contribution in [0.3, 0.4) is 0 Å². The summed E-state index contributed by atoms with van der Waals surface area (Å²) in [5, 5.41) is 6.21. The average molecular weight is 367 g/mol. The van der Waals surface area contributed by atoms with E-state index in [1.54, 1.807) is 24.3 Å². The summed E-state index contributed by atoms with van der Waals surface area (Å²) in [6, 6.07) is 13.9. The van der Waals surface area contributed by atoms with Crippen molar-refractivity contribution < 1.29 is 18.7 Å². The number of nitrogens with one attached hydrogen (secondary N) is 2. The Labute approximate surface area is 156 Å². The Morgan fingerprint density at radius 1 is 1.11 bits per heavy atom. The van der Waals surface area contributed by atoms with Gasteiger partial charge in [0.05, 0.1) is 6.61 Å². The molecule has 3 rings (SSSR count). The van der Waals surface area contributed by atoms with E-state index in [-0.39, 0.29) is 11.7 Å². The van der Waals surface area contributed by atoms with Crippen molar-refractivity contribution >= 4 is 28.6 Å². The fourth-order valence-corrected chi connectivity index (χ4v) is 2.74. The second-order valence-electron chi connectivity index (χ2n) is 5.91. The van der Waals surface area contributed by atoms with Gasteiger partial charge in [-0.05, 0) is 30.7 Å². The molecule has 1 heterocycles. The normalized spacial score (nSPS) is 10.7. The lowest BCUT2D eigenvalue weighted by Gasteiger charge is -2.07. The number of hydrogen-bond acceptors (Lipinski definition) is 4. The Hall–Kier alpha value is -3.32. The van der Waals surface area contributed by atoms with Gasteiger partial charge in [0.2, 0.25) is 0 Å². The molecule has 0 atom stereocenters. The highest BCUT2D eigenvalue weighted by atomic mass is 16.5. The first-order chi connectivity index (χ1) is 13.1. The van der Waals surface area contributed by atoms with Gasteiger partial charge in [-0.15, -0.1) is 0 Å². The molecule has 0 saturated heterocycles. The van der Waals surface area contributed by atoms with Crippen LogP contribution in [0.2, 0.25) is 0 Å². The van der Waals surface area contributed by atoms with Crippen molar-refractivity contribution in [1.82, 2.24) is 5.32 Å². The molecule has 0 aliphatic heterocycles. The molecule has 1 aromatic heterocycles. The van der Waals surface area contributed by atoms with Gasteiger partial charge < -0.3 is 25.5 Å². The minimum atomic E-state index is -0.622. The zero-order valence-corrected chi connectivity index (χ0v) is 15.0. The summed E-state index contributed by atoms with van der Waals surface area (Å²) in [6.07, 6.45) is 0. The maximum Gasteiger partial charge on any atom is 0.316 e. The number of ether oxygens (including phenoxy) is 1. The van der Waals surface area contributed by atoms with Crippen LogP contribution in [0.4, 0.5) is 10.5 Å². The maximum absolute atomic E-state index is 12.7. The van der Waals surface area contributed by atoms with Gasteiger partial charge >= 0.3 is 6.03 Å². The van der Waals surface area contributed by atoms with Gasteiger partial charge in [0.1, 0.15) is 5.58 Å². The van der Waals surface area contributed by atoms with Crippen molar-refractivity contribution in [2.75, 3.05) is 11.9 Å². The van der Waals surface area contributed by atoms with E-state index in [4.69, 9.17) is 14.9 Å². The number of anilines is 1. The van der Waals surface area contributed by atoms with Crippen LogP contribution >= 0.6 is 0 Å². The molecule has 7 heteroatoms. The van der Waals surface area contributed by atoms with Crippen LogP contribution in [0.25, 0.3) is 11.0 Å². The van der Waals surface area contributed by atoms with Crippen molar-refractivity contribution in [3.63, 3.8) is 0 Å². The number of nitrogens with two attached hydrogens (primary N) is 1. The summed E-state index contributed by atoms with van der Waals surface area (Å²) >= 11 is 0. The largest absolute Gasteiger partial charge is 0.451 e. The van der Waals surface area contributed by atoms with Gasteiger partial charge in [0.25, 0.3) is 5.91 Å². The Morgan fingerprint density at radius 2 is 1.85 bits per heavy atom. The number of hydrogen-bond donors (Lipinski definition) is 3. The summed E-state index contributed by atoms with van der Waals surface area (Å²) in [5.74, 6) is -0.0445. The van der Waals surface area contributed by atoms with Gasteiger partial charge in [-0.1, -0.05) is 30.3 Å². The van der Waals surface area contributed by atoms with Crippen molar-refractivity contribution in [1.29, 1.82) is 0 Å². The summed E-state index contributed by atoms with van der Waals surface area (Å²) in [5.41, 5.74) is 7.94. The molecule has 3 aromatic rings. The summed E-state index contributed by atoms with van der Waals surface area (Å²) < 4.78 is 11.3. The van der Waals surface area contributed by atoms with Gasteiger partial charge in [-0.25, -0.2) is 4.79 Å². The molecule has 7 nitrogen and oxygen atoms in total. The topological polar surface area (TPSA) is 107 Å². The zero-order chi connectivity index (χ0) is 19.2. The molecular formula is C20H21N3O4. The lowest BCUT2D eigenvalue weighted by Crippen LogP contribution is -2.23. The molecule has 0 spiro atoms. The number of urea groups is 1. The first-order valence-electron chi connectivity index (χ1n) is 8.60. The minimum absolute atomic E-state index is 0.261. The molecule has 27 heavy (non-hydrogen) atoms. The van der Waals surface area contributed by atoms with E-state index < -0.39 is 6.03 Å². The van der Waals surface area contributed by atoms with Crippen LogP contribution in [0.15, 0.2) is 52.9 Å². The molecule has 0 aliphatic carbocycles. The average Bonchev–Trinajstić information content (AvgIpc) is 3.04.